The first-order valence-corrected chi connectivity index (χ1v) is 5.52. The molecule has 0 fully saturated rings. The van der Waals surface area contributed by atoms with Crippen molar-refractivity contribution in [1.29, 1.82) is 0 Å². The van der Waals surface area contributed by atoms with Gasteiger partial charge in [0, 0.05) is 12.0 Å². The first kappa shape index (κ1) is 49.8. The van der Waals surface area contributed by atoms with E-state index in [9.17, 15) is 23.6 Å². The van der Waals surface area contributed by atoms with Crippen LogP contribution < -0.4 is 34.8 Å². The van der Waals surface area contributed by atoms with E-state index in [0.717, 1.165) is 0 Å². The number of ether oxygens (including phenoxy) is 2. The molecule has 0 bridgehead atoms. The molecule has 0 spiro atoms. The molecule has 25 heavy (non-hydrogen) atoms. The second kappa shape index (κ2) is 35.1. The fourth-order valence-electron chi connectivity index (χ4n) is 0.815. The zero-order valence-corrected chi connectivity index (χ0v) is 13.8. The van der Waals surface area contributed by atoms with E-state index in [2.05, 4.69) is 18.8 Å². The Hall–Kier alpha value is -0.110. The van der Waals surface area contributed by atoms with Crippen molar-refractivity contribution in [2.45, 2.75) is 41.4 Å². The molecular formula is C12H29F4NaO7S. The molecule has 1 atom stereocenters. The summed E-state index contributed by atoms with van der Waals surface area (Å²) in [6.07, 6.45) is -0.529. The summed E-state index contributed by atoms with van der Waals surface area (Å²) in [5.41, 5.74) is 0. The van der Waals surface area contributed by atoms with Crippen molar-refractivity contribution in [2.75, 3.05) is 26.6 Å². The number of carbonyl (C=O) groups excluding carboxylic acids is 2. The van der Waals surface area contributed by atoms with Crippen LogP contribution in [-0.4, -0.2) is 43.8 Å². The average molecular weight is 416 g/mol. The third-order valence-corrected chi connectivity index (χ3v) is 2.19. The van der Waals surface area contributed by atoms with E-state index in [1.54, 1.807) is 0 Å². The van der Waals surface area contributed by atoms with Gasteiger partial charge in [-0.2, -0.15) is 4.33 Å². The Balaban J connectivity index is -0.0000000688. The van der Waals surface area contributed by atoms with E-state index in [1.165, 1.54) is 0 Å². The van der Waals surface area contributed by atoms with Gasteiger partial charge in [-0.3, -0.25) is 24.0 Å². The predicted octanol–water partition coefficient (Wildman–Crippen LogP) is -0.504. The second-order valence-electron chi connectivity index (χ2n) is 2.69. The van der Waals surface area contributed by atoms with Crippen molar-refractivity contribution in [3.05, 3.63) is 0 Å². The third-order valence-electron chi connectivity index (χ3n) is 1.46. The molecule has 0 aliphatic heterocycles. The summed E-state index contributed by atoms with van der Waals surface area (Å²) in [5.74, 6) is -1.87. The maximum absolute atomic E-state index is 11.8. The summed E-state index contributed by atoms with van der Waals surface area (Å²) in [6, 6.07) is 0. The average Bonchev–Trinajstić information content (AvgIpc) is 2.38. The Morgan fingerprint density at radius 3 is 1.80 bits per heavy atom. The third kappa shape index (κ3) is 28.9. The Labute approximate surface area is 173 Å². The van der Waals surface area contributed by atoms with Crippen LogP contribution in [0, 0.1) is 0 Å². The van der Waals surface area contributed by atoms with E-state index in [0.29, 0.717) is 0 Å². The van der Waals surface area contributed by atoms with Crippen LogP contribution in [0.2, 0.25) is 0 Å². The van der Waals surface area contributed by atoms with Crippen molar-refractivity contribution in [3.63, 3.8) is 0 Å². The molecule has 0 rings (SSSR count). The maximum Gasteiger partial charge on any atom is 1.00 e. The molecule has 0 saturated carbocycles. The minimum atomic E-state index is -1.27. The van der Waals surface area contributed by atoms with E-state index in [1.807, 2.05) is 0 Å². The van der Waals surface area contributed by atoms with Crippen LogP contribution in [-0.2, 0) is 28.4 Å². The van der Waals surface area contributed by atoms with Crippen LogP contribution in [0.15, 0.2) is 0 Å². The monoisotopic (exact) mass is 416 g/mol. The van der Waals surface area contributed by atoms with Gasteiger partial charge in [0.1, 0.15) is 31.8 Å². The van der Waals surface area contributed by atoms with Gasteiger partial charge >= 0.3 is 41.5 Å². The molecule has 0 aliphatic rings. The molecular weight excluding hydrogens is 387 g/mol. The fraction of sp³-hybridized carbons (Fsp3) is 0.833. The second-order valence-corrected chi connectivity index (χ2v) is 3.59. The molecule has 0 aromatic carbocycles. The van der Waals surface area contributed by atoms with Gasteiger partial charge in [0.25, 0.3) is 0 Å². The normalized spacial score (nSPS) is 8.60. The summed E-state index contributed by atoms with van der Waals surface area (Å²) in [6.45, 7) is -2.70. The number of halogens is 4. The van der Waals surface area contributed by atoms with E-state index in [4.69, 9.17) is 0 Å². The quantitative estimate of drug-likeness (QED) is 0.117. The predicted molar refractivity (Wildman–Crippen MR) is 84.0 cm³/mol. The molecule has 0 aromatic rings. The van der Waals surface area contributed by atoms with Crippen molar-refractivity contribution in [1.82, 2.24) is 0 Å². The minimum absolute atomic E-state index is 0. The van der Waals surface area contributed by atoms with Gasteiger partial charge < -0.3 is 14.7 Å². The van der Waals surface area contributed by atoms with Crippen LogP contribution >= 0.6 is 12.0 Å². The van der Waals surface area contributed by atoms with Gasteiger partial charge in [0.05, 0.1) is 6.42 Å². The molecule has 0 heterocycles. The molecule has 0 amide bonds. The molecule has 0 N–H and O–H groups in total. The Bertz CT molecular complexity index is 270. The number of hydrogen-bond donors (Lipinski definition) is 0. The van der Waals surface area contributed by atoms with Gasteiger partial charge in [0.2, 0.25) is 0 Å². The van der Waals surface area contributed by atoms with Crippen LogP contribution in [0.3, 0.4) is 0 Å². The smallest absolute Gasteiger partial charge is 0.691 e. The number of esters is 2. The fourth-order valence-corrected chi connectivity index (χ4v) is 1.29. The van der Waals surface area contributed by atoms with Gasteiger partial charge in [-0.05, 0) is 0 Å². The van der Waals surface area contributed by atoms with E-state index < -0.39 is 50.2 Å². The Morgan fingerprint density at radius 1 is 0.960 bits per heavy atom. The van der Waals surface area contributed by atoms with Gasteiger partial charge in [0.15, 0.2) is 0 Å². The van der Waals surface area contributed by atoms with Crippen molar-refractivity contribution < 1.29 is 81.4 Å². The molecule has 13 heteroatoms. The molecule has 0 aliphatic carbocycles. The van der Waals surface area contributed by atoms with Gasteiger partial charge in [-0.15, -0.1) is 0 Å². The van der Waals surface area contributed by atoms with E-state index >= 15 is 0 Å². The largest absolute Gasteiger partial charge is 1.00 e. The molecule has 1 unspecified atom stereocenters. The topological polar surface area (TPSA) is 94.1 Å². The maximum atomic E-state index is 11.8. The summed E-state index contributed by atoms with van der Waals surface area (Å²) in [7, 11) is 0. The standard InChI is InChI=1S/C8H12F2O7S.4CH4.2FH.Na/c9-1-3-14-7(11)5-6(18-17-16-13)8(12)15-4-2-10;;;;;;;/h6,13H,1-5H2;4*1H4;2*1H;/q;;;;;;;+1/p-1. The zero-order valence-electron chi connectivity index (χ0n) is 11.0. The first-order chi connectivity index (χ1) is 8.65. The summed E-state index contributed by atoms with van der Waals surface area (Å²) >= 11 is 0.216. The Morgan fingerprint density at radius 2 is 1.40 bits per heavy atom. The van der Waals surface area contributed by atoms with Gasteiger partial charge in [-0.25, -0.2) is 8.78 Å². The summed E-state index contributed by atoms with van der Waals surface area (Å²) in [4.78, 5) is 22.4. The molecule has 154 valence electrons. The summed E-state index contributed by atoms with van der Waals surface area (Å²) < 4.78 is 36.2. The molecule has 0 saturated heterocycles. The van der Waals surface area contributed by atoms with Crippen LogP contribution in [0.5, 0.6) is 0 Å². The van der Waals surface area contributed by atoms with Crippen molar-refractivity contribution in [2.24, 2.45) is 0 Å². The van der Waals surface area contributed by atoms with Crippen LogP contribution in [0.4, 0.5) is 18.2 Å². The minimum Gasteiger partial charge on any atom is -0.691 e. The van der Waals surface area contributed by atoms with Crippen molar-refractivity contribution in [3.8, 4) is 0 Å². The SMILES string of the molecule is C.C.C.C.F.F.O=C(CC(SOO[O-])C(=O)OCCF)OCCF.[Na+]. The Kier molecular flexibility index (Phi) is 69.9. The number of hydrogen-bond acceptors (Lipinski definition) is 8. The number of carbonyl (C=O) groups is 2. The molecule has 7 nitrogen and oxygen atoms in total. The van der Waals surface area contributed by atoms with E-state index in [-0.39, 0.29) is 80.7 Å². The first-order valence-electron chi connectivity index (χ1n) is 4.71. The van der Waals surface area contributed by atoms with Crippen molar-refractivity contribution >= 4 is 24.0 Å². The van der Waals surface area contributed by atoms with Crippen LogP contribution in [0.25, 0.3) is 0 Å². The number of rotatable bonds is 10. The van der Waals surface area contributed by atoms with Crippen LogP contribution in [0.1, 0.15) is 36.1 Å². The molecule has 0 radical (unpaired) electrons. The molecule has 0 aromatic heterocycles. The zero-order chi connectivity index (χ0) is 13.8. The summed E-state index contributed by atoms with van der Waals surface area (Å²) in [5, 5.41) is 11.4. The number of alkyl halides is 2. The van der Waals surface area contributed by atoms with Gasteiger partial charge in [-0.1, -0.05) is 29.7 Å².